The molecule has 3 aromatic carbocycles. The largest absolute Gasteiger partial charge is 0.497 e. The standard InChI is InChI=1S/C25H21F2N3O/c1-25(16-10-11-19(26)20(27)13-16)14-22(25)29-24-18-8-3-4-9-21(18)28-23(30-24)15-6-5-7-17(12-15)31-2/h3-13,22H,14H2,1-2H3,(H,28,29,30). The fraction of sp³-hybridized carbons (Fsp3) is 0.200. The van der Waals surface area contributed by atoms with Crippen molar-refractivity contribution in [2.45, 2.75) is 24.8 Å². The van der Waals surface area contributed by atoms with Gasteiger partial charge in [0.25, 0.3) is 0 Å². The summed E-state index contributed by atoms with van der Waals surface area (Å²) in [6, 6.07) is 19.6. The van der Waals surface area contributed by atoms with Gasteiger partial charge in [-0.15, -0.1) is 0 Å². The molecule has 0 bridgehead atoms. The maximum Gasteiger partial charge on any atom is 0.162 e. The van der Waals surface area contributed by atoms with Crippen molar-refractivity contribution in [1.29, 1.82) is 0 Å². The smallest absolute Gasteiger partial charge is 0.162 e. The molecule has 2 atom stereocenters. The molecule has 1 N–H and O–H groups in total. The van der Waals surface area contributed by atoms with Crippen molar-refractivity contribution in [2.75, 3.05) is 12.4 Å². The first-order chi connectivity index (χ1) is 15.0. The lowest BCUT2D eigenvalue weighted by molar-refractivity contribution is 0.415. The van der Waals surface area contributed by atoms with Crippen LogP contribution < -0.4 is 10.1 Å². The van der Waals surface area contributed by atoms with Gasteiger partial charge in [-0.05, 0) is 48.4 Å². The highest BCUT2D eigenvalue weighted by Crippen LogP contribution is 2.50. The third-order valence-electron chi connectivity index (χ3n) is 6.06. The molecular weight excluding hydrogens is 396 g/mol. The van der Waals surface area contributed by atoms with Gasteiger partial charge in [0.05, 0.1) is 12.6 Å². The van der Waals surface area contributed by atoms with E-state index in [0.29, 0.717) is 5.82 Å². The number of hydrogen-bond acceptors (Lipinski definition) is 4. The Bertz CT molecular complexity index is 1290. The van der Waals surface area contributed by atoms with Crippen LogP contribution in [-0.2, 0) is 5.41 Å². The molecule has 156 valence electrons. The molecule has 4 nitrogen and oxygen atoms in total. The van der Waals surface area contributed by atoms with Gasteiger partial charge in [0.1, 0.15) is 11.6 Å². The Morgan fingerprint density at radius 1 is 0.968 bits per heavy atom. The van der Waals surface area contributed by atoms with Crippen molar-refractivity contribution in [3.05, 3.63) is 83.9 Å². The van der Waals surface area contributed by atoms with Gasteiger partial charge in [-0.25, -0.2) is 18.7 Å². The molecule has 1 fully saturated rings. The van der Waals surface area contributed by atoms with E-state index in [1.807, 2.05) is 55.5 Å². The molecule has 0 spiro atoms. The zero-order valence-electron chi connectivity index (χ0n) is 17.2. The van der Waals surface area contributed by atoms with E-state index in [1.165, 1.54) is 12.1 Å². The molecule has 0 radical (unpaired) electrons. The molecule has 1 aromatic heterocycles. The number of rotatable bonds is 5. The van der Waals surface area contributed by atoms with Crippen molar-refractivity contribution in [3.63, 3.8) is 0 Å². The molecule has 6 heteroatoms. The van der Waals surface area contributed by atoms with E-state index >= 15 is 0 Å². The summed E-state index contributed by atoms with van der Waals surface area (Å²) in [5, 5.41) is 4.43. The maximum atomic E-state index is 13.8. The van der Waals surface area contributed by atoms with Crippen molar-refractivity contribution >= 4 is 16.7 Å². The molecule has 1 heterocycles. The lowest BCUT2D eigenvalue weighted by Gasteiger charge is -2.15. The lowest BCUT2D eigenvalue weighted by atomic mass is 9.97. The van der Waals surface area contributed by atoms with Crippen molar-refractivity contribution < 1.29 is 13.5 Å². The second-order valence-electron chi connectivity index (χ2n) is 8.09. The van der Waals surface area contributed by atoms with Crippen LogP contribution in [0.1, 0.15) is 18.9 Å². The fourth-order valence-corrected chi connectivity index (χ4v) is 3.99. The van der Waals surface area contributed by atoms with Gasteiger partial charge >= 0.3 is 0 Å². The van der Waals surface area contributed by atoms with Crippen LogP contribution in [0.15, 0.2) is 66.7 Å². The van der Waals surface area contributed by atoms with Crippen molar-refractivity contribution in [3.8, 4) is 17.1 Å². The molecule has 5 rings (SSSR count). The van der Waals surface area contributed by atoms with Gasteiger partial charge in [-0.2, -0.15) is 0 Å². The van der Waals surface area contributed by atoms with Gasteiger partial charge in [0.15, 0.2) is 17.5 Å². The predicted molar refractivity (Wildman–Crippen MR) is 117 cm³/mol. The molecule has 31 heavy (non-hydrogen) atoms. The van der Waals surface area contributed by atoms with Crippen LogP contribution in [0.3, 0.4) is 0 Å². The normalized spacial score (nSPS) is 19.9. The Labute approximate surface area is 178 Å². The second kappa shape index (κ2) is 7.30. The minimum atomic E-state index is -0.831. The Balaban J connectivity index is 1.52. The number of benzene rings is 3. The average molecular weight is 417 g/mol. The van der Waals surface area contributed by atoms with Crippen LogP contribution in [0.5, 0.6) is 5.75 Å². The number of para-hydroxylation sites is 1. The minimum Gasteiger partial charge on any atom is -0.497 e. The Morgan fingerprint density at radius 2 is 1.81 bits per heavy atom. The molecule has 0 saturated heterocycles. The minimum absolute atomic E-state index is 0.0498. The van der Waals surface area contributed by atoms with E-state index in [9.17, 15) is 8.78 Å². The number of fused-ring (bicyclic) bond motifs is 1. The van der Waals surface area contributed by atoms with Crippen molar-refractivity contribution in [2.24, 2.45) is 0 Å². The Kier molecular flexibility index (Phi) is 4.58. The third kappa shape index (κ3) is 3.48. The average Bonchev–Trinajstić information content (AvgIpc) is 3.45. The maximum absolute atomic E-state index is 13.8. The first-order valence-electron chi connectivity index (χ1n) is 10.1. The predicted octanol–water partition coefficient (Wildman–Crippen LogP) is 5.73. The monoisotopic (exact) mass is 417 g/mol. The zero-order chi connectivity index (χ0) is 21.6. The van der Waals surface area contributed by atoms with Crippen LogP contribution in [0.25, 0.3) is 22.3 Å². The molecule has 0 amide bonds. The number of aromatic nitrogens is 2. The van der Waals surface area contributed by atoms with E-state index in [1.54, 1.807) is 13.2 Å². The number of anilines is 1. The zero-order valence-corrected chi connectivity index (χ0v) is 17.2. The topological polar surface area (TPSA) is 47.0 Å². The number of nitrogens with one attached hydrogen (secondary N) is 1. The van der Waals surface area contributed by atoms with E-state index in [4.69, 9.17) is 14.7 Å². The second-order valence-corrected chi connectivity index (χ2v) is 8.09. The summed E-state index contributed by atoms with van der Waals surface area (Å²) in [7, 11) is 1.62. The SMILES string of the molecule is COc1cccc(-c2nc(NC3CC3(C)c3ccc(F)c(F)c3)c3ccccc3n2)c1. The number of methoxy groups -OCH3 is 1. The van der Waals surface area contributed by atoms with Crippen molar-refractivity contribution in [1.82, 2.24) is 9.97 Å². The van der Waals surface area contributed by atoms with Gasteiger partial charge in [-0.3, -0.25) is 0 Å². The summed E-state index contributed by atoms with van der Waals surface area (Å²) in [5.41, 5.74) is 2.16. The Morgan fingerprint density at radius 3 is 2.61 bits per heavy atom. The van der Waals surface area contributed by atoms with Crippen LogP contribution in [0.4, 0.5) is 14.6 Å². The molecule has 1 saturated carbocycles. The molecule has 1 aliphatic rings. The number of nitrogens with zero attached hydrogens (tertiary/aromatic N) is 2. The fourth-order valence-electron chi connectivity index (χ4n) is 3.99. The summed E-state index contributed by atoms with van der Waals surface area (Å²) >= 11 is 0. The highest BCUT2D eigenvalue weighted by molar-refractivity contribution is 5.91. The molecule has 2 unspecified atom stereocenters. The van der Waals surface area contributed by atoms with Gasteiger partial charge in [-0.1, -0.05) is 37.3 Å². The van der Waals surface area contributed by atoms with Crippen LogP contribution in [0.2, 0.25) is 0 Å². The third-order valence-corrected chi connectivity index (χ3v) is 6.06. The number of halogens is 2. The van der Waals surface area contributed by atoms with Gasteiger partial charge in [0, 0.05) is 22.4 Å². The van der Waals surface area contributed by atoms with E-state index in [0.717, 1.165) is 40.0 Å². The first kappa shape index (κ1) is 19.4. The highest BCUT2D eigenvalue weighted by Gasteiger charge is 2.52. The number of hydrogen-bond donors (Lipinski definition) is 1. The van der Waals surface area contributed by atoms with Crippen LogP contribution in [-0.4, -0.2) is 23.1 Å². The summed E-state index contributed by atoms with van der Waals surface area (Å²) < 4.78 is 32.5. The first-order valence-corrected chi connectivity index (χ1v) is 10.1. The summed E-state index contributed by atoms with van der Waals surface area (Å²) in [6.45, 7) is 2.05. The molecule has 4 aromatic rings. The Hall–Kier alpha value is -3.54. The summed E-state index contributed by atoms with van der Waals surface area (Å²) in [4.78, 5) is 9.53. The van der Waals surface area contributed by atoms with Crippen LogP contribution in [0, 0.1) is 11.6 Å². The lowest BCUT2D eigenvalue weighted by Crippen LogP contribution is -2.16. The van der Waals surface area contributed by atoms with E-state index < -0.39 is 11.6 Å². The summed E-state index contributed by atoms with van der Waals surface area (Å²) in [5.74, 6) is 0.395. The number of ether oxygens (including phenoxy) is 1. The molecule has 0 aliphatic heterocycles. The van der Waals surface area contributed by atoms with E-state index in [-0.39, 0.29) is 11.5 Å². The van der Waals surface area contributed by atoms with Crippen LogP contribution >= 0.6 is 0 Å². The summed E-state index contributed by atoms with van der Waals surface area (Å²) in [6.07, 6.45) is 0.797. The molecular formula is C25H21F2N3O. The quantitative estimate of drug-likeness (QED) is 0.451. The van der Waals surface area contributed by atoms with Gasteiger partial charge < -0.3 is 10.1 Å². The van der Waals surface area contributed by atoms with E-state index in [2.05, 4.69) is 5.32 Å². The molecule has 1 aliphatic carbocycles. The van der Waals surface area contributed by atoms with Gasteiger partial charge in [0.2, 0.25) is 0 Å². The highest BCUT2D eigenvalue weighted by atomic mass is 19.2.